The van der Waals surface area contributed by atoms with Gasteiger partial charge in [0.15, 0.2) is 5.65 Å². The highest BCUT2D eigenvalue weighted by Gasteiger charge is 2.06. The lowest BCUT2D eigenvalue weighted by molar-refractivity contribution is 0.276. The molecule has 18 heavy (non-hydrogen) atoms. The Morgan fingerprint density at radius 3 is 3.06 bits per heavy atom. The van der Waals surface area contributed by atoms with E-state index in [9.17, 15) is 0 Å². The third-order valence-corrected chi connectivity index (χ3v) is 3.28. The molecular weight excluding hydrogens is 296 g/mol. The number of hydrogen-bond acceptors (Lipinski definition) is 4. The van der Waals surface area contributed by atoms with Crippen LogP contribution in [-0.4, -0.2) is 32.1 Å². The summed E-state index contributed by atoms with van der Waals surface area (Å²) in [5.74, 6) is 0. The first-order valence-corrected chi connectivity index (χ1v) is 6.81. The molecule has 1 unspecified atom stereocenters. The van der Waals surface area contributed by atoms with Crippen LogP contribution in [-0.2, 0) is 6.54 Å². The molecule has 0 amide bonds. The highest BCUT2D eigenvalue weighted by Crippen LogP contribution is 2.10. The van der Waals surface area contributed by atoms with Gasteiger partial charge in [0.2, 0.25) is 0 Å². The van der Waals surface area contributed by atoms with E-state index in [1.54, 1.807) is 6.20 Å². The lowest BCUT2D eigenvalue weighted by Gasteiger charge is -2.12. The van der Waals surface area contributed by atoms with Gasteiger partial charge in [0.1, 0.15) is 4.60 Å². The zero-order valence-corrected chi connectivity index (χ0v) is 11.9. The molecule has 2 N–H and O–H groups in total. The smallest absolute Gasteiger partial charge is 0.155 e. The van der Waals surface area contributed by atoms with Crippen molar-refractivity contribution in [1.82, 2.24) is 19.7 Å². The number of aliphatic hydroxyl groups excluding tert-OH is 1. The number of hydrogen-bond donors (Lipinski definition) is 2. The minimum absolute atomic E-state index is 0.250. The van der Waals surface area contributed by atoms with Crippen LogP contribution >= 0.6 is 15.9 Å². The van der Waals surface area contributed by atoms with Crippen molar-refractivity contribution in [2.24, 2.45) is 0 Å². The SMILES string of the molecule is CC(CCCO)NCc1cnc2cnc(Br)cn12. The van der Waals surface area contributed by atoms with Crippen LogP contribution in [0.5, 0.6) is 0 Å². The van der Waals surface area contributed by atoms with Crippen LogP contribution in [0.4, 0.5) is 0 Å². The van der Waals surface area contributed by atoms with Crippen LogP contribution in [0.2, 0.25) is 0 Å². The molecule has 0 aliphatic heterocycles. The fraction of sp³-hybridized carbons (Fsp3) is 0.500. The van der Waals surface area contributed by atoms with E-state index in [1.165, 1.54) is 0 Å². The first kappa shape index (κ1) is 13.5. The third-order valence-electron chi connectivity index (χ3n) is 2.87. The van der Waals surface area contributed by atoms with Crippen molar-refractivity contribution < 1.29 is 5.11 Å². The molecular formula is C12H17BrN4O. The van der Waals surface area contributed by atoms with E-state index < -0.39 is 0 Å². The highest BCUT2D eigenvalue weighted by molar-refractivity contribution is 9.10. The molecule has 0 fully saturated rings. The zero-order chi connectivity index (χ0) is 13.0. The fourth-order valence-corrected chi connectivity index (χ4v) is 2.13. The Kier molecular flexibility index (Phi) is 4.68. The second-order valence-corrected chi connectivity index (χ2v) is 5.15. The molecule has 2 heterocycles. The topological polar surface area (TPSA) is 62.5 Å². The Labute approximate surface area is 114 Å². The predicted molar refractivity (Wildman–Crippen MR) is 73.3 cm³/mol. The highest BCUT2D eigenvalue weighted by atomic mass is 79.9. The summed E-state index contributed by atoms with van der Waals surface area (Å²) in [5.41, 5.74) is 1.95. The molecule has 5 nitrogen and oxygen atoms in total. The third kappa shape index (κ3) is 3.28. The normalized spacial score (nSPS) is 13.1. The number of halogens is 1. The summed E-state index contributed by atoms with van der Waals surface area (Å²) in [7, 11) is 0. The standard InChI is InChI=1S/C12H17BrN4O/c1-9(3-2-4-18)14-5-10-6-16-12-7-15-11(13)8-17(10)12/h6-9,14,18H,2-5H2,1H3. The van der Waals surface area contributed by atoms with Crippen LogP contribution in [0.25, 0.3) is 5.65 Å². The van der Waals surface area contributed by atoms with E-state index in [1.807, 2.05) is 16.8 Å². The van der Waals surface area contributed by atoms with Gasteiger partial charge in [0, 0.05) is 25.4 Å². The molecule has 0 saturated carbocycles. The molecule has 2 rings (SSSR count). The van der Waals surface area contributed by atoms with Crippen molar-refractivity contribution in [3.8, 4) is 0 Å². The lowest BCUT2D eigenvalue weighted by atomic mass is 10.2. The molecule has 0 bridgehead atoms. The van der Waals surface area contributed by atoms with Gasteiger partial charge in [-0.1, -0.05) is 0 Å². The molecule has 0 aromatic carbocycles. The lowest BCUT2D eigenvalue weighted by Crippen LogP contribution is -2.26. The summed E-state index contributed by atoms with van der Waals surface area (Å²) in [6.45, 7) is 3.13. The van der Waals surface area contributed by atoms with Gasteiger partial charge in [-0.05, 0) is 35.7 Å². The van der Waals surface area contributed by atoms with Gasteiger partial charge < -0.3 is 10.4 Å². The van der Waals surface area contributed by atoms with Crippen molar-refractivity contribution in [2.75, 3.05) is 6.61 Å². The molecule has 0 aliphatic rings. The van der Waals surface area contributed by atoms with Crippen molar-refractivity contribution >= 4 is 21.6 Å². The van der Waals surface area contributed by atoms with E-state index in [0.29, 0.717) is 6.04 Å². The zero-order valence-electron chi connectivity index (χ0n) is 10.3. The molecule has 2 aromatic heterocycles. The number of aromatic nitrogens is 3. The number of nitrogens with zero attached hydrogens (tertiary/aromatic N) is 3. The van der Waals surface area contributed by atoms with Gasteiger partial charge in [0.05, 0.1) is 18.1 Å². The summed E-state index contributed by atoms with van der Waals surface area (Å²) in [6.07, 6.45) is 7.31. The molecule has 2 aromatic rings. The van der Waals surface area contributed by atoms with Crippen molar-refractivity contribution in [3.05, 3.63) is 28.9 Å². The van der Waals surface area contributed by atoms with E-state index >= 15 is 0 Å². The largest absolute Gasteiger partial charge is 0.396 e. The van der Waals surface area contributed by atoms with E-state index in [4.69, 9.17) is 5.11 Å². The minimum atomic E-state index is 0.250. The number of fused-ring (bicyclic) bond motifs is 1. The average molecular weight is 313 g/mol. The van der Waals surface area contributed by atoms with Crippen LogP contribution < -0.4 is 5.32 Å². The van der Waals surface area contributed by atoms with Crippen LogP contribution in [0.15, 0.2) is 23.2 Å². The van der Waals surface area contributed by atoms with E-state index in [-0.39, 0.29) is 6.61 Å². The summed E-state index contributed by atoms with van der Waals surface area (Å²) < 4.78 is 2.81. The fourth-order valence-electron chi connectivity index (χ4n) is 1.83. The number of rotatable bonds is 6. The molecule has 6 heteroatoms. The first-order valence-electron chi connectivity index (χ1n) is 6.02. The predicted octanol–water partition coefficient (Wildman–Crippen LogP) is 1.74. The Bertz CT molecular complexity index is 514. The Morgan fingerprint density at radius 1 is 1.44 bits per heavy atom. The van der Waals surface area contributed by atoms with Crippen LogP contribution in [0.1, 0.15) is 25.5 Å². The van der Waals surface area contributed by atoms with E-state index in [2.05, 4.69) is 38.1 Å². The Morgan fingerprint density at radius 2 is 2.28 bits per heavy atom. The van der Waals surface area contributed by atoms with Crippen LogP contribution in [0.3, 0.4) is 0 Å². The maximum atomic E-state index is 8.79. The maximum Gasteiger partial charge on any atom is 0.155 e. The molecule has 0 aliphatic carbocycles. The van der Waals surface area contributed by atoms with Crippen LogP contribution in [0, 0.1) is 0 Å². The van der Waals surface area contributed by atoms with Gasteiger partial charge in [-0.3, -0.25) is 4.40 Å². The van der Waals surface area contributed by atoms with Crippen molar-refractivity contribution in [2.45, 2.75) is 32.4 Å². The number of nitrogens with one attached hydrogen (secondary N) is 1. The second-order valence-electron chi connectivity index (χ2n) is 4.34. The summed E-state index contributed by atoms with van der Waals surface area (Å²) in [4.78, 5) is 8.44. The number of imidazole rings is 1. The molecule has 0 spiro atoms. The monoisotopic (exact) mass is 312 g/mol. The molecule has 98 valence electrons. The summed E-state index contributed by atoms with van der Waals surface area (Å²) >= 11 is 3.36. The second kappa shape index (κ2) is 6.26. The molecule has 0 radical (unpaired) electrons. The minimum Gasteiger partial charge on any atom is -0.396 e. The Balaban J connectivity index is 2.01. The number of aliphatic hydroxyl groups is 1. The Hall–Kier alpha value is -0.980. The van der Waals surface area contributed by atoms with Gasteiger partial charge in [-0.15, -0.1) is 0 Å². The van der Waals surface area contributed by atoms with E-state index in [0.717, 1.165) is 35.3 Å². The van der Waals surface area contributed by atoms with Gasteiger partial charge in [-0.25, -0.2) is 9.97 Å². The quantitative estimate of drug-likeness (QED) is 0.853. The maximum absolute atomic E-state index is 8.79. The summed E-state index contributed by atoms with van der Waals surface area (Å²) in [5, 5.41) is 12.2. The van der Waals surface area contributed by atoms with Crippen molar-refractivity contribution in [1.29, 1.82) is 0 Å². The molecule has 0 saturated heterocycles. The van der Waals surface area contributed by atoms with Gasteiger partial charge >= 0.3 is 0 Å². The molecule has 1 atom stereocenters. The van der Waals surface area contributed by atoms with Gasteiger partial charge in [0.25, 0.3) is 0 Å². The summed E-state index contributed by atoms with van der Waals surface area (Å²) in [6, 6.07) is 0.382. The average Bonchev–Trinajstić information content (AvgIpc) is 2.76. The van der Waals surface area contributed by atoms with Gasteiger partial charge in [-0.2, -0.15) is 0 Å². The first-order chi connectivity index (χ1) is 8.70. The van der Waals surface area contributed by atoms with Crippen molar-refractivity contribution in [3.63, 3.8) is 0 Å².